The van der Waals surface area contributed by atoms with Crippen LogP contribution < -0.4 is 5.32 Å². The minimum absolute atomic E-state index is 0.272. The van der Waals surface area contributed by atoms with E-state index in [4.69, 9.17) is 4.74 Å². The van der Waals surface area contributed by atoms with Gasteiger partial charge in [-0.15, -0.1) is 0 Å². The molecule has 2 fully saturated rings. The first-order valence-electron chi connectivity index (χ1n) is 8.49. The lowest BCUT2D eigenvalue weighted by Crippen LogP contribution is -2.63. The van der Waals surface area contributed by atoms with E-state index < -0.39 is 0 Å². The van der Waals surface area contributed by atoms with E-state index in [0.29, 0.717) is 24.1 Å². The van der Waals surface area contributed by atoms with E-state index in [1.165, 1.54) is 38.9 Å². The van der Waals surface area contributed by atoms with E-state index in [-0.39, 0.29) is 5.41 Å². The molecule has 0 radical (unpaired) electrons. The number of hydrogen-bond donors (Lipinski definition) is 1. The highest BCUT2D eigenvalue weighted by Gasteiger charge is 2.49. The van der Waals surface area contributed by atoms with Crippen LogP contribution in [0.5, 0.6) is 0 Å². The van der Waals surface area contributed by atoms with Gasteiger partial charge in [-0.25, -0.2) is 0 Å². The zero-order valence-corrected chi connectivity index (χ0v) is 14.1. The third-order valence-corrected chi connectivity index (χ3v) is 5.02. The fourth-order valence-corrected chi connectivity index (χ4v) is 3.51. The minimum atomic E-state index is 0.272. The number of ether oxygens (including phenoxy) is 1. The first-order valence-corrected chi connectivity index (χ1v) is 8.49. The molecular weight excluding hydrogens is 248 g/mol. The maximum Gasteiger partial charge on any atom is 0.0656 e. The van der Waals surface area contributed by atoms with Crippen LogP contribution in [0.3, 0.4) is 0 Å². The first kappa shape index (κ1) is 16.3. The van der Waals surface area contributed by atoms with Gasteiger partial charge in [0.25, 0.3) is 0 Å². The van der Waals surface area contributed by atoms with Crippen LogP contribution in [0.4, 0.5) is 0 Å². The van der Waals surface area contributed by atoms with Gasteiger partial charge in [0.15, 0.2) is 0 Å². The van der Waals surface area contributed by atoms with Crippen molar-refractivity contribution in [3.63, 3.8) is 0 Å². The second kappa shape index (κ2) is 6.76. The summed E-state index contributed by atoms with van der Waals surface area (Å²) in [5, 5.41) is 3.83. The summed E-state index contributed by atoms with van der Waals surface area (Å²) in [6.45, 7) is 16.1. The lowest BCUT2D eigenvalue weighted by molar-refractivity contribution is -0.125. The standard InChI is InChI=1S/C17H34N2O/c1-13(2)12-20-16-10-15(17(16,4)5)18-14(3)11-19-8-6-7-9-19/h13-16,18H,6-12H2,1-5H3. The zero-order valence-electron chi connectivity index (χ0n) is 14.1. The molecule has 0 spiro atoms. The Morgan fingerprint density at radius 1 is 1.20 bits per heavy atom. The van der Waals surface area contributed by atoms with Crippen molar-refractivity contribution in [2.45, 2.75) is 72.1 Å². The zero-order chi connectivity index (χ0) is 14.8. The molecule has 1 saturated heterocycles. The molecule has 118 valence electrons. The van der Waals surface area contributed by atoms with Crippen molar-refractivity contribution >= 4 is 0 Å². The van der Waals surface area contributed by atoms with Gasteiger partial charge >= 0.3 is 0 Å². The summed E-state index contributed by atoms with van der Waals surface area (Å²) < 4.78 is 6.05. The van der Waals surface area contributed by atoms with Gasteiger partial charge in [-0.05, 0) is 45.2 Å². The molecule has 1 heterocycles. The van der Waals surface area contributed by atoms with Crippen LogP contribution in [-0.4, -0.2) is 49.3 Å². The Balaban J connectivity index is 1.71. The molecule has 0 aromatic carbocycles. The van der Waals surface area contributed by atoms with Crippen molar-refractivity contribution in [1.82, 2.24) is 10.2 Å². The molecule has 2 rings (SSSR count). The smallest absolute Gasteiger partial charge is 0.0656 e. The Bertz CT molecular complexity index is 297. The molecule has 1 saturated carbocycles. The van der Waals surface area contributed by atoms with Crippen LogP contribution in [0.2, 0.25) is 0 Å². The molecule has 1 N–H and O–H groups in total. The maximum absolute atomic E-state index is 6.05. The predicted octanol–water partition coefficient (Wildman–Crippen LogP) is 2.90. The van der Waals surface area contributed by atoms with E-state index in [2.05, 4.69) is 44.8 Å². The van der Waals surface area contributed by atoms with E-state index in [1.807, 2.05) is 0 Å². The van der Waals surface area contributed by atoms with Crippen LogP contribution in [0.15, 0.2) is 0 Å². The molecule has 3 atom stereocenters. The van der Waals surface area contributed by atoms with E-state index in [1.54, 1.807) is 0 Å². The van der Waals surface area contributed by atoms with Crippen molar-refractivity contribution in [2.24, 2.45) is 11.3 Å². The largest absolute Gasteiger partial charge is 0.377 e. The van der Waals surface area contributed by atoms with Gasteiger partial charge in [0, 0.05) is 30.7 Å². The van der Waals surface area contributed by atoms with Crippen molar-refractivity contribution in [2.75, 3.05) is 26.2 Å². The van der Waals surface area contributed by atoms with E-state index in [9.17, 15) is 0 Å². The molecule has 0 bridgehead atoms. The molecular formula is C17H34N2O. The second-order valence-corrected chi connectivity index (χ2v) is 7.90. The third kappa shape index (κ3) is 3.96. The molecule has 1 aliphatic heterocycles. The lowest BCUT2D eigenvalue weighted by atomic mass is 9.64. The second-order valence-electron chi connectivity index (χ2n) is 7.90. The predicted molar refractivity (Wildman–Crippen MR) is 85.0 cm³/mol. The SMILES string of the molecule is CC(C)COC1CC(NC(C)CN2CCCC2)C1(C)C. The summed E-state index contributed by atoms with van der Waals surface area (Å²) in [7, 11) is 0. The van der Waals surface area contributed by atoms with Crippen molar-refractivity contribution < 1.29 is 4.74 Å². The van der Waals surface area contributed by atoms with Crippen molar-refractivity contribution in [1.29, 1.82) is 0 Å². The Hall–Kier alpha value is -0.120. The molecule has 0 aromatic rings. The monoisotopic (exact) mass is 282 g/mol. The van der Waals surface area contributed by atoms with Crippen LogP contribution in [0, 0.1) is 11.3 Å². The summed E-state index contributed by atoms with van der Waals surface area (Å²) in [4.78, 5) is 2.59. The highest BCUT2D eigenvalue weighted by atomic mass is 16.5. The summed E-state index contributed by atoms with van der Waals surface area (Å²) in [5.74, 6) is 0.631. The van der Waals surface area contributed by atoms with Crippen LogP contribution >= 0.6 is 0 Å². The average Bonchev–Trinajstić information content (AvgIpc) is 2.85. The summed E-state index contributed by atoms with van der Waals surface area (Å²) in [6, 6.07) is 1.20. The minimum Gasteiger partial charge on any atom is -0.377 e. The number of hydrogen-bond acceptors (Lipinski definition) is 3. The van der Waals surface area contributed by atoms with Gasteiger partial charge in [0.05, 0.1) is 6.10 Å². The number of rotatable bonds is 7. The molecule has 3 heteroatoms. The Morgan fingerprint density at radius 3 is 2.40 bits per heavy atom. The third-order valence-electron chi connectivity index (χ3n) is 5.02. The summed E-state index contributed by atoms with van der Waals surface area (Å²) >= 11 is 0. The Labute approximate surface area is 125 Å². The molecule has 20 heavy (non-hydrogen) atoms. The molecule has 3 nitrogen and oxygen atoms in total. The van der Waals surface area contributed by atoms with Gasteiger partial charge in [-0.2, -0.15) is 0 Å². The number of nitrogens with one attached hydrogen (secondary N) is 1. The van der Waals surface area contributed by atoms with Crippen molar-refractivity contribution in [3.05, 3.63) is 0 Å². The van der Waals surface area contributed by atoms with Gasteiger partial charge in [-0.1, -0.05) is 27.7 Å². The molecule has 0 aromatic heterocycles. The fraction of sp³-hybridized carbons (Fsp3) is 1.00. The fourth-order valence-electron chi connectivity index (χ4n) is 3.51. The first-order chi connectivity index (χ1) is 9.39. The Kier molecular flexibility index (Phi) is 5.49. The molecule has 0 amide bonds. The highest BCUT2D eigenvalue weighted by Crippen LogP contribution is 2.43. The Morgan fingerprint density at radius 2 is 1.85 bits per heavy atom. The molecule has 3 unspecified atom stereocenters. The number of nitrogens with zero attached hydrogens (tertiary/aromatic N) is 1. The van der Waals surface area contributed by atoms with Crippen LogP contribution in [-0.2, 0) is 4.74 Å². The lowest BCUT2D eigenvalue weighted by Gasteiger charge is -2.53. The van der Waals surface area contributed by atoms with Gasteiger partial charge in [-0.3, -0.25) is 0 Å². The molecule has 2 aliphatic rings. The van der Waals surface area contributed by atoms with Gasteiger partial charge in [0.2, 0.25) is 0 Å². The highest BCUT2D eigenvalue weighted by molar-refractivity contribution is 5.03. The summed E-state index contributed by atoms with van der Waals surface area (Å²) in [5.41, 5.74) is 0.272. The maximum atomic E-state index is 6.05. The normalized spacial score (nSPS) is 31.5. The summed E-state index contributed by atoms with van der Waals surface area (Å²) in [6.07, 6.45) is 4.37. The van der Waals surface area contributed by atoms with Gasteiger partial charge in [0.1, 0.15) is 0 Å². The van der Waals surface area contributed by atoms with E-state index >= 15 is 0 Å². The van der Waals surface area contributed by atoms with E-state index in [0.717, 1.165) is 6.61 Å². The number of likely N-dealkylation sites (tertiary alicyclic amines) is 1. The quantitative estimate of drug-likeness (QED) is 0.777. The van der Waals surface area contributed by atoms with Gasteiger partial charge < -0.3 is 15.0 Å². The van der Waals surface area contributed by atoms with Crippen LogP contribution in [0.25, 0.3) is 0 Å². The average molecular weight is 282 g/mol. The van der Waals surface area contributed by atoms with Crippen LogP contribution in [0.1, 0.15) is 53.9 Å². The van der Waals surface area contributed by atoms with Crippen molar-refractivity contribution in [3.8, 4) is 0 Å². The topological polar surface area (TPSA) is 24.5 Å². The molecule has 1 aliphatic carbocycles.